The zero-order chi connectivity index (χ0) is 58.4. The average Bonchev–Trinajstić information content (AvgIpc) is 3.48. The first kappa shape index (κ1) is 57.8. The number of nitrogens with zero attached hydrogens (tertiary/aromatic N) is 6. The summed E-state index contributed by atoms with van der Waals surface area (Å²) in [5.74, 6) is 3.73. The SMILES string of the molecule is COC1=CCc2ncccc21.Cc1ccc2c(c1CN1CCCCC1)OC(CC1=NCc3ccccc31)C2=O.Cc1ccc2c(c1CN1CCCCC1)OCC2=O.Cc1ccc2c(c1CN1CCNCC1)OC(CC1=CCc3ncccc31)C2=O. The molecule has 15 rings (SSSR count). The molecule has 0 saturated carbocycles. The second kappa shape index (κ2) is 26.3. The number of methoxy groups -OCH3 is 1. The molecule has 9 aliphatic rings. The van der Waals surface area contributed by atoms with Crippen molar-refractivity contribution in [2.45, 2.75) is 123 Å². The highest BCUT2D eigenvalue weighted by Gasteiger charge is 2.39. The highest BCUT2D eigenvalue weighted by molar-refractivity contribution is 6.11. The molecule has 3 fully saturated rings. The number of ketones is 3. The topological polar surface area (TPSA) is 148 Å². The van der Waals surface area contributed by atoms with Crippen LogP contribution < -0.4 is 19.5 Å². The van der Waals surface area contributed by atoms with Crippen LogP contribution in [0.4, 0.5) is 0 Å². The summed E-state index contributed by atoms with van der Waals surface area (Å²) in [4.78, 5) is 58.5. The van der Waals surface area contributed by atoms with Gasteiger partial charge in [0.15, 0.2) is 18.8 Å². The molecule has 440 valence electrons. The molecule has 7 aliphatic heterocycles. The van der Waals surface area contributed by atoms with E-state index < -0.39 is 12.2 Å². The van der Waals surface area contributed by atoms with Crippen LogP contribution in [0.2, 0.25) is 0 Å². The molecule has 1 N–H and O–H groups in total. The molecule has 0 spiro atoms. The lowest BCUT2D eigenvalue weighted by molar-refractivity contribution is 0.0858. The van der Waals surface area contributed by atoms with Crippen LogP contribution in [0.5, 0.6) is 17.2 Å². The normalized spacial score (nSPS) is 20.0. The van der Waals surface area contributed by atoms with Crippen molar-refractivity contribution in [1.82, 2.24) is 30.0 Å². The van der Waals surface area contributed by atoms with E-state index in [1.165, 1.54) is 83.0 Å². The monoisotopic (exact) mass is 1140 g/mol. The molecule has 4 aromatic carbocycles. The van der Waals surface area contributed by atoms with Crippen molar-refractivity contribution >= 4 is 34.4 Å². The second-order valence-corrected chi connectivity index (χ2v) is 23.8. The number of fused-ring (bicyclic) bond motifs is 6. The van der Waals surface area contributed by atoms with Crippen LogP contribution >= 0.6 is 0 Å². The van der Waals surface area contributed by atoms with E-state index in [0.29, 0.717) is 19.4 Å². The summed E-state index contributed by atoms with van der Waals surface area (Å²) < 4.78 is 23.3. The van der Waals surface area contributed by atoms with Gasteiger partial charge in [0.1, 0.15) is 23.0 Å². The largest absolute Gasteiger partial charge is 0.496 e. The highest BCUT2D eigenvalue weighted by atomic mass is 16.5. The lowest BCUT2D eigenvalue weighted by atomic mass is 9.97. The number of rotatable bonds is 11. The van der Waals surface area contributed by atoms with Crippen LogP contribution in [0, 0.1) is 20.8 Å². The van der Waals surface area contributed by atoms with Gasteiger partial charge in [0.25, 0.3) is 0 Å². The van der Waals surface area contributed by atoms with E-state index in [1.807, 2.05) is 67.0 Å². The predicted octanol–water partition coefficient (Wildman–Crippen LogP) is 11.3. The number of aryl methyl sites for hydroxylation is 3. The quantitative estimate of drug-likeness (QED) is 0.131. The zero-order valence-electron chi connectivity index (χ0n) is 49.9. The number of hydrogen-bond donors (Lipinski definition) is 1. The molecule has 3 saturated heterocycles. The number of aromatic nitrogens is 2. The summed E-state index contributed by atoms with van der Waals surface area (Å²) >= 11 is 0. The Labute approximate surface area is 500 Å². The molecule has 2 atom stereocenters. The van der Waals surface area contributed by atoms with Gasteiger partial charge in [-0.05, 0) is 148 Å². The van der Waals surface area contributed by atoms with Crippen LogP contribution in [0.1, 0.15) is 149 Å². The molecule has 0 bridgehead atoms. The van der Waals surface area contributed by atoms with Gasteiger partial charge in [-0.1, -0.05) is 67.4 Å². The third kappa shape index (κ3) is 12.7. The summed E-state index contributed by atoms with van der Waals surface area (Å²) in [6.45, 7) is 18.6. The smallest absolute Gasteiger partial charge is 0.207 e. The molecule has 2 unspecified atom stereocenters. The third-order valence-electron chi connectivity index (χ3n) is 18.2. The van der Waals surface area contributed by atoms with Gasteiger partial charge < -0.3 is 24.3 Å². The number of carbonyl (C=O) groups excluding carboxylic acids is 3. The van der Waals surface area contributed by atoms with Crippen LogP contribution in [-0.4, -0.2) is 126 Å². The van der Waals surface area contributed by atoms with E-state index in [9.17, 15) is 14.4 Å². The third-order valence-corrected chi connectivity index (χ3v) is 18.2. The lowest BCUT2D eigenvalue weighted by Crippen LogP contribution is -2.43. The molecule has 9 heterocycles. The second-order valence-electron chi connectivity index (χ2n) is 23.8. The Bertz CT molecular complexity index is 3430. The maximum absolute atomic E-state index is 13.1. The van der Waals surface area contributed by atoms with Crippen molar-refractivity contribution in [3.05, 3.63) is 193 Å². The highest BCUT2D eigenvalue weighted by Crippen LogP contribution is 2.41. The van der Waals surface area contributed by atoms with Crippen molar-refractivity contribution in [3.8, 4) is 17.2 Å². The zero-order valence-corrected chi connectivity index (χ0v) is 49.9. The predicted molar refractivity (Wildman–Crippen MR) is 332 cm³/mol. The van der Waals surface area contributed by atoms with Crippen molar-refractivity contribution in [2.75, 3.05) is 66.1 Å². The number of ether oxygens (including phenoxy) is 4. The minimum absolute atomic E-state index is 0.0991. The Morgan fingerprint density at radius 3 is 1.67 bits per heavy atom. The Kier molecular flexibility index (Phi) is 17.9. The average molecular weight is 1140 g/mol. The van der Waals surface area contributed by atoms with Crippen molar-refractivity contribution in [3.63, 3.8) is 0 Å². The van der Waals surface area contributed by atoms with Gasteiger partial charge >= 0.3 is 0 Å². The van der Waals surface area contributed by atoms with Gasteiger partial charge in [-0.25, -0.2) is 0 Å². The molecule has 2 aromatic heterocycles. The van der Waals surface area contributed by atoms with E-state index in [-0.39, 0.29) is 24.0 Å². The van der Waals surface area contributed by atoms with Crippen molar-refractivity contribution in [2.24, 2.45) is 4.99 Å². The van der Waals surface area contributed by atoms with E-state index in [0.717, 1.165) is 158 Å². The van der Waals surface area contributed by atoms with Crippen LogP contribution in [0.15, 0.2) is 114 Å². The maximum atomic E-state index is 13.1. The molecule has 0 amide bonds. The first-order valence-electron chi connectivity index (χ1n) is 30.8. The number of hydrogen-bond acceptors (Lipinski definition) is 14. The maximum Gasteiger partial charge on any atom is 0.207 e. The van der Waals surface area contributed by atoms with Crippen LogP contribution in [-0.2, 0) is 43.8 Å². The fourth-order valence-electron chi connectivity index (χ4n) is 13.3. The van der Waals surface area contributed by atoms with Crippen molar-refractivity contribution in [1.29, 1.82) is 0 Å². The van der Waals surface area contributed by atoms with E-state index in [4.69, 9.17) is 18.9 Å². The van der Waals surface area contributed by atoms with E-state index in [1.54, 1.807) is 7.11 Å². The molecule has 6 aromatic rings. The number of allylic oxidation sites excluding steroid dienone is 2. The number of benzene rings is 4. The first-order chi connectivity index (χ1) is 41.6. The summed E-state index contributed by atoms with van der Waals surface area (Å²) in [6, 6.07) is 28.3. The van der Waals surface area contributed by atoms with Gasteiger partial charge in [-0.15, -0.1) is 0 Å². The standard InChI is InChI=1S/C24H26N2O2.C23H25N3O2.C15H19NO2.C9H9NO/c1-16-9-10-19-23(27)22(13-21-18-8-4-3-7-17(18)14-25-21)28-24(19)20(16)15-26-11-5-2-6-12-26;1-15-4-6-18-22(27)21(13-16-5-7-20-17(16)3-2-8-25-20)28-23(18)19(15)14-26-11-9-24-10-12-26;1-11-5-6-12-14(17)10-18-15(12)13(11)9-16-7-3-2-4-8-16;1-11-9-5-4-8-7(9)3-2-6-10-8/h3-4,7-10,22H,2,5-6,11-15H2,1H3;2-6,8,21,24H,7,9-14H2,1H3;5-6H,2-4,7-10H2,1H3;2-3,5-6H,4H2,1H3. The Balaban J connectivity index is 0.000000117. The molecular weight excluding hydrogens is 1060 g/mol. The van der Waals surface area contributed by atoms with Crippen LogP contribution in [0.3, 0.4) is 0 Å². The molecular formula is C71H79N7O7. The van der Waals surface area contributed by atoms with Gasteiger partial charge in [0.2, 0.25) is 17.3 Å². The number of nitrogens with one attached hydrogen (secondary N) is 1. The summed E-state index contributed by atoms with van der Waals surface area (Å²) in [6.07, 6.45) is 17.6. The number of Topliss-reactive ketones (excluding diaryl/α,β-unsaturated/α-hetero) is 3. The number of pyridine rings is 2. The fraction of sp³-hybridized carbons (Fsp3) is 0.408. The minimum atomic E-state index is -0.457. The number of aliphatic imine (C=N–C) groups is 1. The summed E-state index contributed by atoms with van der Waals surface area (Å²) in [5.41, 5.74) is 18.5. The molecule has 85 heavy (non-hydrogen) atoms. The Hall–Kier alpha value is -7.62. The first-order valence-corrected chi connectivity index (χ1v) is 30.8. The molecule has 0 radical (unpaired) electrons. The Morgan fingerprint density at radius 2 is 1.06 bits per heavy atom. The van der Waals surface area contributed by atoms with Gasteiger partial charge in [0.05, 0.1) is 41.7 Å². The van der Waals surface area contributed by atoms with Crippen molar-refractivity contribution < 1.29 is 33.3 Å². The number of piperazine rings is 1. The lowest BCUT2D eigenvalue weighted by Gasteiger charge is -2.28. The van der Waals surface area contributed by atoms with E-state index >= 15 is 0 Å². The summed E-state index contributed by atoms with van der Waals surface area (Å²) in [7, 11) is 1.69. The van der Waals surface area contributed by atoms with Gasteiger partial charge in [-0.3, -0.25) is 44.0 Å². The molecule has 14 nitrogen and oxygen atoms in total. The van der Waals surface area contributed by atoms with Gasteiger partial charge in [0, 0.05) is 117 Å². The number of likely N-dealkylation sites (tertiary alicyclic amines) is 2. The number of piperidine rings is 2. The Morgan fingerprint density at radius 1 is 0.541 bits per heavy atom. The van der Waals surface area contributed by atoms with Crippen LogP contribution in [0.25, 0.3) is 11.3 Å². The number of carbonyl (C=O) groups is 3. The fourth-order valence-corrected chi connectivity index (χ4v) is 13.3. The van der Waals surface area contributed by atoms with Gasteiger partial charge in [-0.2, -0.15) is 0 Å². The summed E-state index contributed by atoms with van der Waals surface area (Å²) in [5, 5.41) is 3.39. The molecule has 2 aliphatic carbocycles. The molecule has 14 heteroatoms. The van der Waals surface area contributed by atoms with E-state index in [2.05, 4.69) is 98.2 Å². The minimum Gasteiger partial charge on any atom is -0.496 e.